The summed E-state index contributed by atoms with van der Waals surface area (Å²) in [6.07, 6.45) is 4.63. The van der Waals surface area contributed by atoms with E-state index in [0.29, 0.717) is 17.4 Å². The molecule has 0 aromatic heterocycles. The summed E-state index contributed by atoms with van der Waals surface area (Å²) in [6.45, 7) is 4.69. The first kappa shape index (κ1) is 13.5. The number of hydrogen-bond acceptors (Lipinski definition) is 1. The van der Waals surface area contributed by atoms with Crippen LogP contribution < -0.4 is 5.32 Å². The van der Waals surface area contributed by atoms with Crippen LogP contribution in [0.5, 0.6) is 0 Å². The molecule has 1 saturated carbocycles. The summed E-state index contributed by atoms with van der Waals surface area (Å²) in [5, 5.41) is 3.41. The molecule has 0 amide bonds. The molecule has 0 radical (unpaired) electrons. The minimum Gasteiger partial charge on any atom is -0.316 e. The second-order valence-electron chi connectivity index (χ2n) is 6.18. The van der Waals surface area contributed by atoms with Gasteiger partial charge >= 0.3 is 0 Å². The van der Waals surface area contributed by atoms with E-state index in [-0.39, 0.29) is 5.82 Å². The molecule has 2 unspecified atom stereocenters. The quantitative estimate of drug-likeness (QED) is 0.856. The first-order valence-corrected chi connectivity index (χ1v) is 6.95. The lowest BCUT2D eigenvalue weighted by Gasteiger charge is -2.34. The van der Waals surface area contributed by atoms with Gasteiger partial charge in [0.05, 0.1) is 0 Å². The van der Waals surface area contributed by atoms with Crippen molar-refractivity contribution in [3.63, 3.8) is 0 Å². The molecule has 1 fully saturated rings. The molecule has 1 aromatic carbocycles. The molecule has 18 heavy (non-hydrogen) atoms. The van der Waals surface area contributed by atoms with Crippen LogP contribution in [-0.2, 0) is 6.42 Å². The Balaban J connectivity index is 2.13. The Morgan fingerprint density at radius 1 is 1.39 bits per heavy atom. The number of likely N-dealkylation sites (N-methyl/N-ethyl adjacent to an activating group) is 1. The lowest BCUT2D eigenvalue weighted by molar-refractivity contribution is 0.201. The third kappa shape index (κ3) is 2.74. The van der Waals surface area contributed by atoms with E-state index in [1.54, 1.807) is 12.1 Å². The average Bonchev–Trinajstić information content (AvgIpc) is 2.68. The molecular weight excluding hydrogens is 225 g/mol. The summed E-state index contributed by atoms with van der Waals surface area (Å²) in [6, 6.07) is 7.51. The highest BCUT2D eigenvalue weighted by atomic mass is 19.1. The second kappa shape index (κ2) is 5.40. The molecule has 0 saturated heterocycles. The van der Waals surface area contributed by atoms with E-state index in [1.165, 1.54) is 19.3 Å². The number of nitrogens with one attached hydrogen (secondary N) is 1. The fourth-order valence-corrected chi connectivity index (χ4v) is 3.45. The maximum Gasteiger partial charge on any atom is 0.126 e. The van der Waals surface area contributed by atoms with Crippen LogP contribution in [0.2, 0.25) is 0 Å². The Bertz CT molecular complexity index is 400. The van der Waals surface area contributed by atoms with Gasteiger partial charge in [-0.3, -0.25) is 0 Å². The summed E-state index contributed by atoms with van der Waals surface area (Å²) in [5.74, 6) is 0.565. The summed E-state index contributed by atoms with van der Waals surface area (Å²) in [7, 11) is 2.00. The highest BCUT2D eigenvalue weighted by Crippen LogP contribution is 2.44. The number of halogens is 1. The van der Waals surface area contributed by atoms with Gasteiger partial charge in [-0.2, -0.15) is 0 Å². The highest BCUT2D eigenvalue weighted by molar-refractivity contribution is 5.19. The monoisotopic (exact) mass is 249 g/mol. The van der Waals surface area contributed by atoms with Crippen molar-refractivity contribution in [1.82, 2.24) is 5.32 Å². The highest BCUT2D eigenvalue weighted by Gasteiger charge is 2.38. The van der Waals surface area contributed by atoms with Gasteiger partial charge in [0.25, 0.3) is 0 Å². The molecule has 0 spiro atoms. The van der Waals surface area contributed by atoms with Gasteiger partial charge in [-0.1, -0.05) is 38.5 Å². The molecule has 0 heterocycles. The van der Waals surface area contributed by atoms with Crippen LogP contribution in [0.3, 0.4) is 0 Å². The van der Waals surface area contributed by atoms with E-state index < -0.39 is 0 Å². The van der Waals surface area contributed by atoms with Crippen molar-refractivity contribution in [1.29, 1.82) is 0 Å². The van der Waals surface area contributed by atoms with E-state index in [1.807, 2.05) is 19.2 Å². The number of rotatable bonds is 4. The molecule has 1 aromatic rings. The minimum absolute atomic E-state index is 0.0754. The zero-order valence-corrected chi connectivity index (χ0v) is 11.7. The molecule has 0 bridgehead atoms. The normalized spacial score (nSPS) is 24.1. The van der Waals surface area contributed by atoms with Gasteiger partial charge in [-0.25, -0.2) is 4.39 Å². The molecular formula is C16H24FN. The van der Waals surface area contributed by atoms with E-state index in [2.05, 4.69) is 19.2 Å². The minimum atomic E-state index is -0.0754. The fraction of sp³-hybridized carbons (Fsp3) is 0.625. The van der Waals surface area contributed by atoms with Crippen LogP contribution in [0, 0.1) is 17.2 Å². The molecule has 1 aliphatic rings. The lowest BCUT2D eigenvalue weighted by atomic mass is 9.76. The predicted octanol–water partition coefficient (Wildman–Crippen LogP) is 3.78. The van der Waals surface area contributed by atoms with Crippen LogP contribution >= 0.6 is 0 Å². The van der Waals surface area contributed by atoms with Crippen LogP contribution in [0.4, 0.5) is 4.39 Å². The van der Waals surface area contributed by atoms with Crippen molar-refractivity contribution in [3.8, 4) is 0 Å². The first-order chi connectivity index (χ1) is 8.54. The van der Waals surface area contributed by atoms with E-state index in [0.717, 1.165) is 12.0 Å². The molecule has 1 nitrogen and oxygen atoms in total. The van der Waals surface area contributed by atoms with Gasteiger partial charge < -0.3 is 5.32 Å². The topological polar surface area (TPSA) is 12.0 Å². The summed E-state index contributed by atoms with van der Waals surface area (Å²) >= 11 is 0. The molecule has 1 N–H and O–H groups in total. The standard InChI is InChI=1S/C16H24FN/c1-16(2)10-6-8-13(16)15(18-3)11-12-7-4-5-9-14(12)17/h4-5,7,9,13,15,18H,6,8,10-11H2,1-3H3. The zero-order chi connectivity index (χ0) is 13.2. The summed E-state index contributed by atoms with van der Waals surface area (Å²) < 4.78 is 13.7. The number of benzene rings is 1. The third-order valence-corrected chi connectivity index (χ3v) is 4.59. The van der Waals surface area contributed by atoms with Crippen molar-refractivity contribution >= 4 is 0 Å². The second-order valence-corrected chi connectivity index (χ2v) is 6.18. The predicted molar refractivity (Wildman–Crippen MR) is 74.1 cm³/mol. The molecule has 2 heteroatoms. The largest absolute Gasteiger partial charge is 0.316 e. The van der Waals surface area contributed by atoms with Gasteiger partial charge in [0, 0.05) is 6.04 Å². The van der Waals surface area contributed by atoms with Crippen LogP contribution in [0.15, 0.2) is 24.3 Å². The Kier molecular flexibility index (Phi) is 4.06. The van der Waals surface area contributed by atoms with Crippen molar-refractivity contribution in [2.24, 2.45) is 11.3 Å². The van der Waals surface area contributed by atoms with Crippen LogP contribution in [0.25, 0.3) is 0 Å². The summed E-state index contributed by atoms with van der Waals surface area (Å²) in [5.41, 5.74) is 1.21. The Labute approximate surface area is 110 Å². The van der Waals surface area contributed by atoms with E-state index in [4.69, 9.17) is 0 Å². The molecule has 2 atom stereocenters. The summed E-state index contributed by atoms with van der Waals surface area (Å²) in [4.78, 5) is 0. The van der Waals surface area contributed by atoms with Gasteiger partial charge in [0.15, 0.2) is 0 Å². The molecule has 2 rings (SSSR count). The van der Waals surface area contributed by atoms with E-state index >= 15 is 0 Å². The molecule has 1 aliphatic carbocycles. The third-order valence-electron chi connectivity index (χ3n) is 4.59. The fourth-order valence-electron chi connectivity index (χ4n) is 3.45. The van der Waals surface area contributed by atoms with Crippen molar-refractivity contribution in [2.45, 2.75) is 45.6 Å². The smallest absolute Gasteiger partial charge is 0.126 e. The van der Waals surface area contributed by atoms with Crippen molar-refractivity contribution in [2.75, 3.05) is 7.05 Å². The van der Waals surface area contributed by atoms with Crippen molar-refractivity contribution < 1.29 is 4.39 Å². The SMILES string of the molecule is CNC(Cc1ccccc1F)C1CCCC1(C)C. The average molecular weight is 249 g/mol. The Hall–Kier alpha value is -0.890. The number of hydrogen-bond donors (Lipinski definition) is 1. The van der Waals surface area contributed by atoms with Gasteiger partial charge in [-0.15, -0.1) is 0 Å². The Morgan fingerprint density at radius 3 is 2.67 bits per heavy atom. The molecule has 0 aliphatic heterocycles. The van der Waals surface area contributed by atoms with Crippen LogP contribution in [-0.4, -0.2) is 13.1 Å². The van der Waals surface area contributed by atoms with E-state index in [9.17, 15) is 4.39 Å². The van der Waals surface area contributed by atoms with Crippen molar-refractivity contribution in [3.05, 3.63) is 35.6 Å². The lowest BCUT2D eigenvalue weighted by Crippen LogP contribution is -2.40. The molecule has 100 valence electrons. The first-order valence-electron chi connectivity index (χ1n) is 6.95. The van der Waals surface area contributed by atoms with Gasteiger partial charge in [0.2, 0.25) is 0 Å². The Morgan fingerprint density at radius 2 is 2.11 bits per heavy atom. The maximum absolute atomic E-state index is 13.7. The van der Waals surface area contributed by atoms with Gasteiger partial charge in [-0.05, 0) is 49.3 Å². The van der Waals surface area contributed by atoms with Crippen LogP contribution in [0.1, 0.15) is 38.7 Å². The zero-order valence-electron chi connectivity index (χ0n) is 11.7. The van der Waals surface area contributed by atoms with Gasteiger partial charge in [0.1, 0.15) is 5.82 Å². The maximum atomic E-state index is 13.7.